The summed E-state index contributed by atoms with van der Waals surface area (Å²) in [6, 6.07) is 13.8. The van der Waals surface area contributed by atoms with Gasteiger partial charge in [-0.05, 0) is 61.0 Å². The second-order valence-electron chi connectivity index (χ2n) is 9.00. The van der Waals surface area contributed by atoms with Crippen molar-refractivity contribution in [1.82, 2.24) is 4.90 Å². The summed E-state index contributed by atoms with van der Waals surface area (Å²) in [6.07, 6.45) is 2.38. The van der Waals surface area contributed by atoms with Gasteiger partial charge in [-0.2, -0.15) is 5.06 Å². The zero-order chi connectivity index (χ0) is 25.1. The zero-order valence-corrected chi connectivity index (χ0v) is 24.5. The molecule has 0 saturated carbocycles. The number of rotatable bonds is 9. The number of hydroxylamine groups is 1. The molecule has 2 aromatic carbocycles. The van der Waals surface area contributed by atoms with Gasteiger partial charge in [-0.15, -0.1) is 11.3 Å². The molecular weight excluding hydrogens is 541 g/mol. The van der Waals surface area contributed by atoms with Gasteiger partial charge in [0, 0.05) is 54.4 Å². The average molecular weight is 570 g/mol. The number of fused-ring (bicyclic) bond motifs is 2. The fraction of sp³-hybridized carbons (Fsp3) is 0.400. The van der Waals surface area contributed by atoms with Gasteiger partial charge in [-0.3, -0.25) is 9.69 Å². The van der Waals surface area contributed by atoms with E-state index in [9.17, 15) is 19.1 Å². The second kappa shape index (κ2) is 12.8. The van der Waals surface area contributed by atoms with Gasteiger partial charge in [0.05, 0.1) is 20.1 Å². The summed E-state index contributed by atoms with van der Waals surface area (Å²) in [5.74, 6) is -0.0708. The normalized spacial score (nSPS) is 16.5. The van der Waals surface area contributed by atoms with Crippen molar-refractivity contribution < 1.29 is 28.5 Å². The number of phosphoric acid groups is 1. The Hall–Kier alpha value is -1.20. The maximum atomic E-state index is 12.1. The van der Waals surface area contributed by atoms with Gasteiger partial charge >= 0.3 is 37.7 Å². The van der Waals surface area contributed by atoms with Crippen molar-refractivity contribution in [3.05, 3.63) is 53.4 Å². The van der Waals surface area contributed by atoms with Gasteiger partial charge < -0.3 is 24.0 Å². The summed E-state index contributed by atoms with van der Waals surface area (Å²) in [5, 5.41) is 4.06. The van der Waals surface area contributed by atoms with E-state index in [0.29, 0.717) is 23.8 Å². The number of amides is 1. The van der Waals surface area contributed by atoms with Crippen LogP contribution in [0.1, 0.15) is 24.8 Å². The summed E-state index contributed by atoms with van der Waals surface area (Å²) in [6.45, 7) is 5.57. The maximum Gasteiger partial charge on any atom is 2.00 e. The fourth-order valence-corrected chi connectivity index (χ4v) is 5.98. The first-order chi connectivity index (χ1) is 17.4. The number of ether oxygens (including phenoxy) is 1. The van der Waals surface area contributed by atoms with E-state index in [4.69, 9.17) is 4.74 Å². The first-order valence-electron chi connectivity index (χ1n) is 12.1. The SMILES string of the molecule is O=C1CCc2ccc(OCCCCN3CCN(c4cccc5sccc45)CC3)cc2N1OP(=O)([O-])[O-].[Ca+2]. The molecule has 192 valence electrons. The molecule has 3 aromatic rings. The quantitative estimate of drug-likeness (QED) is 0.220. The third-order valence-corrected chi connectivity index (χ3v) is 7.86. The van der Waals surface area contributed by atoms with Crippen LogP contribution >= 0.6 is 19.2 Å². The van der Waals surface area contributed by atoms with E-state index in [2.05, 4.69) is 44.1 Å². The van der Waals surface area contributed by atoms with Gasteiger partial charge in [-0.1, -0.05) is 12.1 Å². The minimum absolute atomic E-state index is 0. The number of hydrogen-bond donors (Lipinski definition) is 0. The van der Waals surface area contributed by atoms with E-state index < -0.39 is 13.7 Å². The molecule has 1 aromatic heterocycles. The number of thiophene rings is 1. The molecule has 0 unspecified atom stereocenters. The molecule has 5 rings (SSSR count). The van der Waals surface area contributed by atoms with E-state index in [0.717, 1.165) is 51.1 Å². The van der Waals surface area contributed by atoms with Gasteiger partial charge in [0.15, 0.2) is 0 Å². The number of benzene rings is 2. The smallest absolute Gasteiger partial charge is 0.788 e. The Morgan fingerprint density at radius 1 is 0.973 bits per heavy atom. The molecule has 0 bridgehead atoms. The Morgan fingerprint density at radius 2 is 1.78 bits per heavy atom. The molecule has 12 heteroatoms. The van der Waals surface area contributed by atoms with E-state index in [1.54, 1.807) is 29.5 Å². The van der Waals surface area contributed by atoms with E-state index in [-0.39, 0.29) is 49.8 Å². The number of aryl methyl sites for hydroxylation is 1. The molecule has 1 amide bonds. The first-order valence-corrected chi connectivity index (χ1v) is 14.5. The van der Waals surface area contributed by atoms with Crippen LogP contribution in [0.4, 0.5) is 11.4 Å². The number of hydrogen-bond acceptors (Lipinski definition) is 9. The molecule has 0 aliphatic carbocycles. The molecule has 0 N–H and O–H groups in total. The predicted molar refractivity (Wildman–Crippen MR) is 142 cm³/mol. The van der Waals surface area contributed by atoms with Gasteiger partial charge in [0.1, 0.15) is 5.75 Å². The summed E-state index contributed by atoms with van der Waals surface area (Å²) in [4.78, 5) is 39.2. The Bertz CT molecular complexity index is 1280. The zero-order valence-electron chi connectivity index (χ0n) is 20.5. The molecule has 0 radical (unpaired) electrons. The Labute approximate surface area is 250 Å². The Balaban J connectivity index is 0.00000320. The van der Waals surface area contributed by atoms with Crippen LogP contribution < -0.4 is 24.5 Å². The molecule has 0 spiro atoms. The van der Waals surface area contributed by atoms with Crippen LogP contribution in [0, 0.1) is 0 Å². The van der Waals surface area contributed by atoms with Crippen LogP contribution in [0.25, 0.3) is 10.1 Å². The van der Waals surface area contributed by atoms with Gasteiger partial charge in [-0.25, -0.2) is 4.62 Å². The topological polar surface area (TPSA) is 108 Å². The Morgan fingerprint density at radius 3 is 2.57 bits per heavy atom. The standard InChI is InChI=1S/C25H30N3O6PS.Ca/c29-25-9-7-19-6-8-20(18-23(19)28(25)34-35(30,31)32)33-16-2-1-11-26-12-14-27(15-13-26)22-4-3-5-24-21(22)10-17-36-24;/h3-6,8,10,17-18H,1-2,7,9,11-16H2,(H2,30,31,32);/q;+2/p-2. The molecule has 3 heterocycles. The van der Waals surface area contributed by atoms with Crippen molar-refractivity contribution in [1.29, 1.82) is 0 Å². The van der Waals surface area contributed by atoms with E-state index in [1.165, 1.54) is 15.8 Å². The van der Waals surface area contributed by atoms with Crippen LogP contribution in [0.15, 0.2) is 47.8 Å². The van der Waals surface area contributed by atoms with Crippen molar-refractivity contribution in [2.75, 3.05) is 49.3 Å². The second-order valence-corrected chi connectivity index (χ2v) is 11.0. The van der Waals surface area contributed by atoms with Crippen molar-refractivity contribution >= 4 is 84.3 Å². The van der Waals surface area contributed by atoms with Crippen LogP contribution in [-0.2, 0) is 20.4 Å². The van der Waals surface area contributed by atoms with E-state index >= 15 is 0 Å². The first kappa shape index (κ1) is 28.8. The summed E-state index contributed by atoms with van der Waals surface area (Å²) in [7, 11) is -5.36. The minimum atomic E-state index is -5.36. The third kappa shape index (κ3) is 7.26. The number of piperazine rings is 1. The molecule has 9 nitrogen and oxygen atoms in total. The monoisotopic (exact) mass is 569 g/mol. The number of unbranched alkanes of at least 4 members (excludes halogenated alkanes) is 1. The molecule has 37 heavy (non-hydrogen) atoms. The molecule has 1 saturated heterocycles. The largest absolute Gasteiger partial charge is 2.00 e. The third-order valence-electron chi connectivity index (χ3n) is 6.62. The number of anilines is 2. The van der Waals surface area contributed by atoms with Crippen LogP contribution in [0.3, 0.4) is 0 Å². The fourth-order valence-electron chi connectivity index (χ4n) is 4.79. The number of carbonyl (C=O) groups is 1. The van der Waals surface area contributed by atoms with Gasteiger partial charge in [0.25, 0.3) is 5.91 Å². The number of nitrogens with zero attached hydrogens (tertiary/aromatic N) is 3. The maximum absolute atomic E-state index is 12.1. The van der Waals surface area contributed by atoms with Crippen LogP contribution in [0.5, 0.6) is 5.75 Å². The average Bonchev–Trinajstić information content (AvgIpc) is 3.35. The predicted octanol–water partition coefficient (Wildman–Crippen LogP) is 2.54. The van der Waals surface area contributed by atoms with Crippen molar-refractivity contribution in [2.45, 2.75) is 25.7 Å². The van der Waals surface area contributed by atoms with Crippen molar-refractivity contribution in [2.24, 2.45) is 0 Å². The summed E-state index contributed by atoms with van der Waals surface area (Å²) in [5.41, 5.74) is 2.29. The Kier molecular flexibility index (Phi) is 9.94. The molecule has 0 atom stereocenters. The summed E-state index contributed by atoms with van der Waals surface area (Å²) < 4.78 is 22.6. The molecule has 2 aliphatic heterocycles. The van der Waals surface area contributed by atoms with Crippen molar-refractivity contribution in [3.8, 4) is 5.75 Å². The van der Waals surface area contributed by atoms with E-state index in [1.807, 2.05) is 0 Å². The van der Waals surface area contributed by atoms with Crippen LogP contribution in [-0.4, -0.2) is 87.9 Å². The molecule has 2 aliphatic rings. The molecular formula is C25H28CaN3O6PS. The van der Waals surface area contributed by atoms with Crippen molar-refractivity contribution in [3.63, 3.8) is 0 Å². The molecule has 1 fully saturated rings. The van der Waals surface area contributed by atoms with Gasteiger partial charge in [0.2, 0.25) is 0 Å². The summed E-state index contributed by atoms with van der Waals surface area (Å²) >= 11 is 1.78. The number of carbonyl (C=O) groups excluding carboxylic acids is 1. The van der Waals surface area contributed by atoms with Crippen LogP contribution in [0.2, 0.25) is 0 Å². The minimum Gasteiger partial charge on any atom is -0.788 e.